The highest BCUT2D eigenvalue weighted by molar-refractivity contribution is 5.94. The van der Waals surface area contributed by atoms with E-state index in [0.29, 0.717) is 11.7 Å². The molecule has 0 aliphatic rings. The van der Waals surface area contributed by atoms with E-state index in [1.165, 1.54) is 12.1 Å². The Morgan fingerprint density at radius 3 is 2.45 bits per heavy atom. The van der Waals surface area contributed by atoms with Crippen molar-refractivity contribution in [2.24, 2.45) is 0 Å². The Morgan fingerprint density at radius 2 is 1.62 bits per heavy atom. The first kappa shape index (κ1) is 17.1. The molecule has 2 heterocycles. The molecule has 5 nitrogen and oxygen atoms in total. The van der Waals surface area contributed by atoms with Gasteiger partial charge in [-0.3, -0.25) is 0 Å². The maximum Gasteiger partial charge on any atom is 0.227 e. The fourth-order valence-electron chi connectivity index (χ4n) is 3.14. The van der Waals surface area contributed by atoms with Crippen LogP contribution in [-0.2, 0) is 0 Å². The molecule has 0 saturated heterocycles. The summed E-state index contributed by atoms with van der Waals surface area (Å²) in [5, 5.41) is 8.15. The van der Waals surface area contributed by atoms with Crippen molar-refractivity contribution in [1.29, 1.82) is 0 Å². The van der Waals surface area contributed by atoms with Crippen LogP contribution in [-0.4, -0.2) is 15.1 Å². The molecule has 1 N–H and O–H groups in total. The number of aromatic nitrogens is 3. The van der Waals surface area contributed by atoms with Crippen molar-refractivity contribution in [3.8, 4) is 22.6 Å². The fraction of sp³-hybridized carbons (Fsp3) is 0. The molecule has 0 amide bonds. The van der Waals surface area contributed by atoms with E-state index in [4.69, 9.17) is 4.52 Å². The highest BCUT2D eigenvalue weighted by atomic mass is 19.1. The smallest absolute Gasteiger partial charge is 0.227 e. The Morgan fingerprint density at radius 1 is 0.828 bits per heavy atom. The molecular formula is C23H15FN4O. The van der Waals surface area contributed by atoms with Gasteiger partial charge in [0, 0.05) is 23.0 Å². The molecule has 0 unspecified atom stereocenters. The van der Waals surface area contributed by atoms with Crippen molar-refractivity contribution in [3.05, 3.63) is 90.9 Å². The van der Waals surface area contributed by atoms with Crippen molar-refractivity contribution in [2.75, 3.05) is 5.32 Å². The quantitative estimate of drug-likeness (QED) is 0.423. The van der Waals surface area contributed by atoms with Crippen LogP contribution in [0.15, 0.2) is 89.6 Å². The van der Waals surface area contributed by atoms with Crippen molar-refractivity contribution in [2.45, 2.75) is 0 Å². The summed E-state index contributed by atoms with van der Waals surface area (Å²) in [6, 6.07) is 23.6. The monoisotopic (exact) mass is 382 g/mol. The Bertz CT molecular complexity index is 1280. The number of para-hydroxylation sites is 1. The van der Waals surface area contributed by atoms with Crippen LogP contribution in [0.25, 0.3) is 33.5 Å². The van der Waals surface area contributed by atoms with Gasteiger partial charge in [-0.15, -0.1) is 0 Å². The lowest BCUT2D eigenvalue weighted by molar-refractivity contribution is 0.441. The maximum atomic E-state index is 13.3. The second-order valence-electron chi connectivity index (χ2n) is 6.51. The largest absolute Gasteiger partial charge is 0.355 e. The molecule has 140 valence electrons. The first-order valence-electron chi connectivity index (χ1n) is 9.07. The van der Waals surface area contributed by atoms with Gasteiger partial charge in [-0.25, -0.2) is 14.4 Å². The minimum Gasteiger partial charge on any atom is -0.355 e. The van der Waals surface area contributed by atoms with Crippen molar-refractivity contribution >= 4 is 22.5 Å². The van der Waals surface area contributed by atoms with Gasteiger partial charge in [0.25, 0.3) is 0 Å². The molecule has 3 aromatic carbocycles. The van der Waals surface area contributed by atoms with Crippen molar-refractivity contribution < 1.29 is 8.91 Å². The average Bonchev–Trinajstić information content (AvgIpc) is 3.18. The normalized spacial score (nSPS) is 10.9. The first-order chi connectivity index (χ1) is 14.3. The van der Waals surface area contributed by atoms with E-state index < -0.39 is 0 Å². The van der Waals surface area contributed by atoms with E-state index in [2.05, 4.69) is 20.4 Å². The standard InChI is InChI=1S/C23H15FN4O/c24-17-9-6-15(7-10-17)22-19-14-16(8-11-21(19)28-29-22)20-12-13-25-23(27-20)26-18-4-2-1-3-5-18/h1-14H,(H,25,26,27). The predicted octanol–water partition coefficient (Wildman–Crippen LogP) is 5.83. The zero-order chi connectivity index (χ0) is 19.6. The van der Waals surface area contributed by atoms with E-state index >= 15 is 0 Å². The molecule has 0 bridgehead atoms. The number of hydrogen-bond acceptors (Lipinski definition) is 5. The van der Waals surface area contributed by atoms with Gasteiger partial charge in [0.05, 0.1) is 11.1 Å². The van der Waals surface area contributed by atoms with Gasteiger partial charge in [-0.2, -0.15) is 0 Å². The van der Waals surface area contributed by atoms with Gasteiger partial charge in [0.15, 0.2) is 5.76 Å². The first-order valence-corrected chi connectivity index (χ1v) is 9.07. The molecule has 0 saturated carbocycles. The average molecular weight is 382 g/mol. The topological polar surface area (TPSA) is 63.8 Å². The SMILES string of the molecule is Fc1ccc(-c2onc3ccc(-c4ccnc(Nc5ccccc5)n4)cc23)cc1. The van der Waals surface area contributed by atoms with Gasteiger partial charge in [0.1, 0.15) is 11.3 Å². The maximum absolute atomic E-state index is 13.3. The molecule has 2 aromatic heterocycles. The second kappa shape index (κ2) is 7.16. The summed E-state index contributed by atoms with van der Waals surface area (Å²) in [5.41, 5.74) is 4.08. The Labute approximate surface area is 165 Å². The summed E-state index contributed by atoms with van der Waals surface area (Å²) < 4.78 is 18.8. The molecule has 0 radical (unpaired) electrons. The summed E-state index contributed by atoms with van der Waals surface area (Å²) in [6.45, 7) is 0. The fourth-order valence-corrected chi connectivity index (χ4v) is 3.14. The Hall–Kier alpha value is -4.06. The molecule has 6 heteroatoms. The number of fused-ring (bicyclic) bond motifs is 1. The van der Waals surface area contributed by atoms with Crippen molar-refractivity contribution in [1.82, 2.24) is 15.1 Å². The minimum atomic E-state index is -0.294. The molecule has 0 fully saturated rings. The number of hydrogen-bond donors (Lipinski definition) is 1. The van der Waals surface area contributed by atoms with Crippen LogP contribution < -0.4 is 5.32 Å². The number of nitrogens with one attached hydrogen (secondary N) is 1. The number of anilines is 2. The molecular weight excluding hydrogens is 367 g/mol. The third-order valence-corrected chi connectivity index (χ3v) is 4.56. The van der Waals surface area contributed by atoms with Crippen LogP contribution in [0.5, 0.6) is 0 Å². The van der Waals surface area contributed by atoms with Crippen LogP contribution >= 0.6 is 0 Å². The number of rotatable bonds is 4. The van der Waals surface area contributed by atoms with Gasteiger partial charge in [-0.05, 0) is 54.6 Å². The lowest BCUT2D eigenvalue weighted by atomic mass is 10.0. The summed E-state index contributed by atoms with van der Waals surface area (Å²) in [6.07, 6.45) is 1.71. The lowest BCUT2D eigenvalue weighted by Crippen LogP contribution is -1.97. The van der Waals surface area contributed by atoms with E-state index in [0.717, 1.165) is 33.4 Å². The van der Waals surface area contributed by atoms with E-state index in [-0.39, 0.29) is 5.82 Å². The van der Waals surface area contributed by atoms with Gasteiger partial charge < -0.3 is 9.84 Å². The van der Waals surface area contributed by atoms with Gasteiger partial charge >= 0.3 is 0 Å². The molecule has 0 atom stereocenters. The minimum absolute atomic E-state index is 0.294. The highest BCUT2D eigenvalue weighted by Gasteiger charge is 2.13. The molecule has 5 rings (SSSR count). The molecule has 0 aliphatic carbocycles. The van der Waals surface area contributed by atoms with Crippen LogP contribution in [0.2, 0.25) is 0 Å². The summed E-state index contributed by atoms with van der Waals surface area (Å²) in [4.78, 5) is 8.92. The molecule has 0 spiro atoms. The second-order valence-corrected chi connectivity index (χ2v) is 6.51. The van der Waals surface area contributed by atoms with E-state index in [1.807, 2.05) is 54.6 Å². The van der Waals surface area contributed by atoms with Crippen LogP contribution in [0, 0.1) is 5.82 Å². The molecule has 29 heavy (non-hydrogen) atoms. The van der Waals surface area contributed by atoms with Gasteiger partial charge in [-0.1, -0.05) is 29.4 Å². The van der Waals surface area contributed by atoms with Crippen LogP contribution in [0.4, 0.5) is 16.0 Å². The van der Waals surface area contributed by atoms with Crippen LogP contribution in [0.1, 0.15) is 0 Å². The number of benzene rings is 3. The number of halogens is 1. The molecule has 5 aromatic rings. The highest BCUT2D eigenvalue weighted by Crippen LogP contribution is 2.32. The Balaban J connectivity index is 1.53. The zero-order valence-corrected chi connectivity index (χ0v) is 15.2. The van der Waals surface area contributed by atoms with E-state index in [9.17, 15) is 4.39 Å². The lowest BCUT2D eigenvalue weighted by Gasteiger charge is -2.07. The summed E-state index contributed by atoms with van der Waals surface area (Å²) >= 11 is 0. The predicted molar refractivity (Wildman–Crippen MR) is 110 cm³/mol. The van der Waals surface area contributed by atoms with E-state index in [1.54, 1.807) is 18.3 Å². The third-order valence-electron chi connectivity index (χ3n) is 4.56. The zero-order valence-electron chi connectivity index (χ0n) is 15.2. The molecule has 0 aliphatic heterocycles. The summed E-state index contributed by atoms with van der Waals surface area (Å²) in [5.74, 6) is 0.814. The van der Waals surface area contributed by atoms with Crippen molar-refractivity contribution in [3.63, 3.8) is 0 Å². The van der Waals surface area contributed by atoms with Crippen LogP contribution in [0.3, 0.4) is 0 Å². The third kappa shape index (κ3) is 3.43. The summed E-state index contributed by atoms with van der Waals surface area (Å²) in [7, 11) is 0. The number of nitrogens with zero attached hydrogens (tertiary/aromatic N) is 3. The Kier molecular flexibility index (Phi) is 4.22. The van der Waals surface area contributed by atoms with Gasteiger partial charge in [0.2, 0.25) is 5.95 Å².